The van der Waals surface area contributed by atoms with Gasteiger partial charge in [0, 0.05) is 83.9 Å². The average Bonchev–Trinajstić information content (AvgIpc) is 0.762. The predicted molar refractivity (Wildman–Crippen MR) is 572 cm³/mol. The van der Waals surface area contributed by atoms with E-state index in [2.05, 4.69) is 235 Å². The Morgan fingerprint density at radius 1 is 0.215 bits per heavy atom. The minimum Gasteiger partial charge on any atom is -0.507 e. The number of phenolic OH excluding ortho intramolecular Hbond substituents is 3. The summed E-state index contributed by atoms with van der Waals surface area (Å²) in [6.07, 6.45) is 30.3. The highest BCUT2D eigenvalue weighted by atomic mass is 127. The lowest BCUT2D eigenvalue weighted by Crippen LogP contribution is -2.06. The van der Waals surface area contributed by atoms with Crippen LogP contribution in [0.25, 0.3) is 135 Å². The number of phenols is 3. The Kier molecular flexibility index (Phi) is 38.6. The van der Waals surface area contributed by atoms with E-state index in [1.54, 1.807) is 6.07 Å². The summed E-state index contributed by atoms with van der Waals surface area (Å²) in [5.74, 6) is 7.29. The Hall–Kier alpha value is -12.0. The van der Waals surface area contributed by atoms with Crippen molar-refractivity contribution in [1.82, 2.24) is 44.9 Å². The molecule has 704 valence electrons. The minimum absolute atomic E-state index is 0.00936. The fourth-order valence-corrected chi connectivity index (χ4v) is 18.2. The third kappa shape index (κ3) is 27.7. The zero-order valence-electron chi connectivity index (χ0n) is 82.8. The molecule has 0 atom stereocenters. The molecule has 3 aromatic heterocycles. The number of ether oxygens (including phenoxy) is 3. The van der Waals surface area contributed by atoms with Crippen molar-refractivity contribution in [3.63, 3.8) is 0 Å². The third-order valence-electron chi connectivity index (χ3n) is 25.0. The molecule has 0 radical (unpaired) electrons. The summed E-state index contributed by atoms with van der Waals surface area (Å²) in [7, 11) is 0. The first-order chi connectivity index (χ1) is 65.5. The van der Waals surface area contributed by atoms with Gasteiger partial charge in [0.15, 0.2) is 52.4 Å². The van der Waals surface area contributed by atoms with Crippen molar-refractivity contribution in [2.24, 2.45) is 0 Å². The molecule has 0 aliphatic carbocycles. The lowest BCUT2D eigenvalue weighted by Gasteiger charge is -2.19. The first-order valence-corrected chi connectivity index (χ1v) is 50.9. The zero-order valence-corrected chi connectivity index (χ0v) is 85.0. The Bertz CT molecular complexity index is 6270. The number of alkyl halides is 1. The molecule has 15 nitrogen and oxygen atoms in total. The Morgan fingerprint density at radius 2 is 0.444 bits per heavy atom. The van der Waals surface area contributed by atoms with Crippen LogP contribution in [0.15, 0.2) is 200 Å². The van der Waals surface area contributed by atoms with E-state index in [0.717, 1.165) is 149 Å². The molecule has 15 aromatic rings. The summed E-state index contributed by atoms with van der Waals surface area (Å²) >= 11 is 2.45. The van der Waals surface area contributed by atoms with Gasteiger partial charge in [-0.05, 0) is 147 Å². The predicted octanol–water partition coefficient (Wildman–Crippen LogP) is 32.9. The number of benzene rings is 12. The Balaban J connectivity index is 0.000000176. The molecule has 0 bridgehead atoms. The van der Waals surface area contributed by atoms with Gasteiger partial charge < -0.3 is 29.5 Å². The molecule has 16 heteroatoms. The molecule has 0 amide bonds. The molecule has 3 N–H and O–H groups in total. The normalized spacial score (nSPS) is 11.2. The highest BCUT2D eigenvalue weighted by Gasteiger charge is 2.27. The second-order valence-electron chi connectivity index (χ2n) is 36.6. The second-order valence-corrected chi connectivity index (χ2v) is 37.7. The fourth-order valence-electron chi connectivity index (χ4n) is 17.7. The number of rotatable bonds is 39. The van der Waals surface area contributed by atoms with Gasteiger partial charge in [0.1, 0.15) is 34.5 Å². The van der Waals surface area contributed by atoms with E-state index in [1.807, 2.05) is 86.6 Å². The molecule has 3 heterocycles. The average molecular weight is 1920 g/mol. The molecule has 0 unspecified atom stereocenters. The SMILES string of the molecule is CCCCCCCCI.CCCCCCCCOc1cc(O)c(-c2nc(-c3ccc(C)cc3C)nc(-c3ccc(C)cc3C)n2)c2ccccc12.CCCCCCCCOc1cc(OCCCCCCCC)c2ccccc2c1-c1nc(-c2ccc(C)cc2C)nc(-c2ccc(C)cc2C)n1.Cc1ccc(-c2nc(-c3ccc(C)cc3C)nc(-c3c(O)cc(O)c4ccccc34)n2)c(C)c1. The first-order valence-electron chi connectivity index (χ1n) is 49.4. The van der Waals surface area contributed by atoms with Crippen LogP contribution in [0, 0.1) is 83.1 Å². The zero-order chi connectivity index (χ0) is 95.9. The smallest absolute Gasteiger partial charge is 0.168 e. The number of hydrogen-bond donors (Lipinski definition) is 3. The van der Waals surface area contributed by atoms with E-state index >= 15 is 0 Å². The molecule has 0 saturated carbocycles. The fraction of sp³-hybridized carbons (Fsp3) is 0.370. The van der Waals surface area contributed by atoms with Crippen LogP contribution < -0.4 is 14.2 Å². The van der Waals surface area contributed by atoms with Gasteiger partial charge in [-0.3, -0.25) is 0 Å². The lowest BCUT2D eigenvalue weighted by molar-refractivity contribution is 0.293. The van der Waals surface area contributed by atoms with E-state index in [9.17, 15) is 15.3 Å². The molecule has 12 aromatic carbocycles. The second kappa shape index (κ2) is 51.1. The van der Waals surface area contributed by atoms with Crippen molar-refractivity contribution in [3.05, 3.63) is 267 Å². The van der Waals surface area contributed by atoms with Gasteiger partial charge >= 0.3 is 0 Å². The molecule has 0 saturated heterocycles. The highest BCUT2D eigenvalue weighted by molar-refractivity contribution is 14.1. The number of aromatic nitrogens is 9. The van der Waals surface area contributed by atoms with E-state index < -0.39 is 0 Å². The monoisotopic (exact) mass is 1920 g/mol. The summed E-state index contributed by atoms with van der Waals surface area (Å²) in [5, 5.41) is 37.9. The van der Waals surface area contributed by atoms with Crippen molar-refractivity contribution in [1.29, 1.82) is 0 Å². The Morgan fingerprint density at radius 3 is 0.741 bits per heavy atom. The van der Waals surface area contributed by atoms with Crippen LogP contribution in [0.1, 0.15) is 249 Å². The molecule has 0 spiro atoms. The van der Waals surface area contributed by atoms with Crippen LogP contribution in [0.3, 0.4) is 0 Å². The maximum absolute atomic E-state index is 11.5. The number of hydrogen-bond acceptors (Lipinski definition) is 15. The molecular formula is C119H140IN9O6. The number of fused-ring (bicyclic) bond motifs is 3. The van der Waals surface area contributed by atoms with Crippen LogP contribution in [-0.2, 0) is 0 Å². The van der Waals surface area contributed by atoms with Crippen molar-refractivity contribution < 1.29 is 29.5 Å². The molecular weight excluding hydrogens is 1780 g/mol. The Labute approximate surface area is 816 Å². The van der Waals surface area contributed by atoms with Gasteiger partial charge in [-0.15, -0.1) is 0 Å². The molecule has 135 heavy (non-hydrogen) atoms. The van der Waals surface area contributed by atoms with Crippen LogP contribution in [0.4, 0.5) is 0 Å². The number of aryl methyl sites for hydroxylation is 12. The third-order valence-corrected chi connectivity index (χ3v) is 25.8. The van der Waals surface area contributed by atoms with Gasteiger partial charge in [0.25, 0.3) is 0 Å². The van der Waals surface area contributed by atoms with Crippen molar-refractivity contribution in [3.8, 4) is 137 Å². The maximum atomic E-state index is 11.5. The lowest BCUT2D eigenvalue weighted by atomic mass is 10.0. The number of nitrogens with zero attached hydrogens (tertiary/aromatic N) is 9. The summed E-state index contributed by atoms with van der Waals surface area (Å²) < 4.78 is 20.8. The topological polar surface area (TPSA) is 204 Å². The van der Waals surface area contributed by atoms with Crippen molar-refractivity contribution in [2.75, 3.05) is 24.2 Å². The van der Waals surface area contributed by atoms with Crippen LogP contribution in [0.5, 0.6) is 34.5 Å². The van der Waals surface area contributed by atoms with Crippen molar-refractivity contribution >= 4 is 54.9 Å². The number of aromatic hydroxyl groups is 3. The molecule has 15 rings (SSSR count). The largest absolute Gasteiger partial charge is 0.507 e. The summed E-state index contributed by atoms with van der Waals surface area (Å²) in [6, 6.07) is 66.7. The van der Waals surface area contributed by atoms with E-state index in [0.29, 0.717) is 99.9 Å². The number of unbranched alkanes of at least 4 members (excludes halogenated alkanes) is 20. The van der Waals surface area contributed by atoms with E-state index in [1.165, 1.54) is 155 Å². The maximum Gasteiger partial charge on any atom is 0.168 e. The van der Waals surface area contributed by atoms with Gasteiger partial charge in [0.2, 0.25) is 0 Å². The highest BCUT2D eigenvalue weighted by Crippen LogP contribution is 2.47. The van der Waals surface area contributed by atoms with Gasteiger partial charge in [-0.25, -0.2) is 44.9 Å². The standard InChI is InChI=1S/C45H57N3O2.C37H41N3O2.C29H25N3O2.C8H17I/c1-7-9-11-13-15-19-27-49-40-31-41(50-28-20-16-14-12-10-8-2)42(39-22-18-17-21-38(39)40)45-47-43(36-25-23-32(3)29-34(36)5)46-44(48-45)37-26-24-33(4)30-35(37)6;1-6-7-8-9-10-13-20-42-33-23-32(41)34(31-15-12-11-14-30(31)33)37-39-35(28-18-16-24(2)21-26(28)4)38-36(40-37)29-19-17-25(3)22-27(29)5;1-16-9-11-20(18(3)13-16)27-30-28(21-12-10-17(2)14-19(21)4)32-29(31-27)26-23-8-6-5-7-22(23)24(33)15-25(26)34;1-2-3-4-5-6-7-8-9/h17-18,21-26,29-31H,7-16,19-20,27-28H2,1-6H3;11-12,14-19,21-23,41H,6-10,13,20H2,1-5H3;5-15,33-34H,1-4H3;2-8H2,1H3. The van der Waals surface area contributed by atoms with Crippen LogP contribution >= 0.6 is 22.6 Å². The van der Waals surface area contributed by atoms with E-state index in [-0.39, 0.29) is 17.2 Å². The van der Waals surface area contributed by atoms with Crippen LogP contribution in [-0.4, -0.2) is 84.4 Å². The summed E-state index contributed by atoms with van der Waals surface area (Å²) in [4.78, 5) is 44.9. The molecule has 0 aliphatic heterocycles. The van der Waals surface area contributed by atoms with Crippen LogP contribution in [0.2, 0.25) is 0 Å². The molecule has 0 aliphatic rings. The summed E-state index contributed by atoms with van der Waals surface area (Å²) in [5.41, 5.74) is 21.3. The van der Waals surface area contributed by atoms with Gasteiger partial charge in [0.05, 0.1) is 36.5 Å². The van der Waals surface area contributed by atoms with Crippen molar-refractivity contribution in [2.45, 2.75) is 265 Å². The molecule has 0 fully saturated rings. The first kappa shape index (κ1) is 102. The summed E-state index contributed by atoms with van der Waals surface area (Å²) in [6.45, 7) is 35.9. The quantitative estimate of drug-likeness (QED) is 0.0186. The minimum atomic E-state index is -0.0828. The van der Waals surface area contributed by atoms with Gasteiger partial charge in [-0.1, -0.05) is 394 Å². The van der Waals surface area contributed by atoms with Gasteiger partial charge in [-0.2, -0.15) is 0 Å². The van der Waals surface area contributed by atoms with E-state index in [4.69, 9.17) is 59.1 Å². The number of halogens is 1.